The van der Waals surface area contributed by atoms with Crippen LogP contribution in [0.4, 0.5) is 0 Å². The quantitative estimate of drug-likeness (QED) is 0.578. The molecule has 0 aliphatic heterocycles. The van der Waals surface area contributed by atoms with Gasteiger partial charge in [0.1, 0.15) is 11.3 Å². The second kappa shape index (κ2) is 7.36. The van der Waals surface area contributed by atoms with Crippen molar-refractivity contribution in [3.63, 3.8) is 0 Å². The number of amides is 1. The largest absolute Gasteiger partial charge is 0.506 e. The third-order valence-electron chi connectivity index (χ3n) is 4.45. The van der Waals surface area contributed by atoms with Crippen LogP contribution in [0.3, 0.4) is 0 Å². The number of carbonyl (C=O) groups is 1. The van der Waals surface area contributed by atoms with E-state index in [0.29, 0.717) is 22.3 Å². The summed E-state index contributed by atoms with van der Waals surface area (Å²) in [4.78, 5) is 30.1. The number of aromatic hydroxyl groups is 1. The first-order valence-electron chi connectivity index (χ1n) is 8.77. The Morgan fingerprint density at radius 3 is 2.43 bits per heavy atom. The molecule has 28 heavy (non-hydrogen) atoms. The summed E-state index contributed by atoms with van der Waals surface area (Å²) < 4.78 is 1.44. The van der Waals surface area contributed by atoms with E-state index in [2.05, 4.69) is 10.3 Å². The van der Waals surface area contributed by atoms with Gasteiger partial charge >= 0.3 is 0 Å². The molecule has 2 heterocycles. The smallest absolute Gasteiger partial charge is 0.272 e. The minimum absolute atomic E-state index is 0.150. The molecule has 6 nitrogen and oxygen atoms in total. The molecular formula is C22H17N3O3. The van der Waals surface area contributed by atoms with Crippen molar-refractivity contribution >= 4 is 16.8 Å². The standard InChI is InChI=1S/C22H17N3O3/c26-20-17-11-4-5-12-18(17)25(16-9-2-1-3-10-16)22(28)19(20)21(27)24-14-15-8-6-7-13-23-15/h1-13,26H,14H2,(H,24,27). The van der Waals surface area contributed by atoms with Gasteiger partial charge in [-0.05, 0) is 36.4 Å². The molecule has 2 aromatic carbocycles. The van der Waals surface area contributed by atoms with Crippen molar-refractivity contribution in [3.8, 4) is 11.4 Å². The summed E-state index contributed by atoms with van der Waals surface area (Å²) in [5, 5.41) is 13.8. The van der Waals surface area contributed by atoms with E-state index in [9.17, 15) is 14.7 Å². The fourth-order valence-electron chi connectivity index (χ4n) is 3.13. The number of benzene rings is 2. The molecule has 0 saturated heterocycles. The predicted octanol–water partition coefficient (Wildman–Crippen LogP) is 3.02. The summed E-state index contributed by atoms with van der Waals surface area (Å²) in [7, 11) is 0. The third kappa shape index (κ3) is 3.12. The monoisotopic (exact) mass is 371 g/mol. The molecule has 4 rings (SSSR count). The molecule has 138 valence electrons. The average molecular weight is 371 g/mol. The van der Waals surface area contributed by atoms with Crippen LogP contribution in [0.25, 0.3) is 16.6 Å². The van der Waals surface area contributed by atoms with E-state index < -0.39 is 11.5 Å². The Hall–Kier alpha value is -3.93. The molecule has 0 fully saturated rings. The molecule has 4 aromatic rings. The Kier molecular flexibility index (Phi) is 4.60. The molecule has 2 N–H and O–H groups in total. The van der Waals surface area contributed by atoms with Crippen LogP contribution < -0.4 is 10.9 Å². The molecule has 1 amide bonds. The maximum absolute atomic E-state index is 13.2. The number of nitrogens with one attached hydrogen (secondary N) is 1. The fourth-order valence-corrected chi connectivity index (χ4v) is 3.13. The topological polar surface area (TPSA) is 84.2 Å². The van der Waals surface area contributed by atoms with Crippen LogP contribution in [0.1, 0.15) is 16.1 Å². The van der Waals surface area contributed by atoms with Gasteiger partial charge in [0.15, 0.2) is 0 Å². The maximum atomic E-state index is 13.2. The van der Waals surface area contributed by atoms with E-state index in [1.807, 2.05) is 24.3 Å². The first kappa shape index (κ1) is 17.5. The molecule has 0 saturated carbocycles. The molecule has 0 unspecified atom stereocenters. The van der Waals surface area contributed by atoms with Gasteiger partial charge in [-0.25, -0.2) is 0 Å². The summed E-state index contributed by atoms with van der Waals surface area (Å²) in [5.41, 5.74) is 0.916. The molecule has 0 aliphatic rings. The molecule has 0 bridgehead atoms. The number of nitrogens with zero attached hydrogens (tertiary/aromatic N) is 2. The van der Waals surface area contributed by atoms with Gasteiger partial charge in [0.25, 0.3) is 11.5 Å². The van der Waals surface area contributed by atoms with E-state index in [-0.39, 0.29) is 17.9 Å². The number of aromatic nitrogens is 2. The predicted molar refractivity (Wildman–Crippen MR) is 107 cm³/mol. The second-order valence-corrected chi connectivity index (χ2v) is 6.22. The lowest BCUT2D eigenvalue weighted by molar-refractivity contribution is 0.0946. The van der Waals surface area contributed by atoms with Gasteiger partial charge in [-0.3, -0.25) is 19.1 Å². The van der Waals surface area contributed by atoms with Crippen molar-refractivity contribution in [2.45, 2.75) is 6.54 Å². The summed E-state index contributed by atoms with van der Waals surface area (Å²) in [5.74, 6) is -0.977. The van der Waals surface area contributed by atoms with E-state index in [4.69, 9.17) is 0 Å². The molecule has 0 spiro atoms. The third-order valence-corrected chi connectivity index (χ3v) is 4.45. The van der Waals surface area contributed by atoms with Crippen LogP contribution in [0.2, 0.25) is 0 Å². The van der Waals surface area contributed by atoms with E-state index in [1.165, 1.54) is 4.57 Å². The van der Waals surface area contributed by atoms with Gasteiger partial charge < -0.3 is 10.4 Å². The zero-order valence-electron chi connectivity index (χ0n) is 14.9. The highest BCUT2D eigenvalue weighted by Crippen LogP contribution is 2.27. The van der Waals surface area contributed by atoms with E-state index in [0.717, 1.165) is 0 Å². The van der Waals surface area contributed by atoms with Crippen molar-refractivity contribution in [2.24, 2.45) is 0 Å². The Morgan fingerprint density at radius 1 is 0.964 bits per heavy atom. The number of hydrogen-bond donors (Lipinski definition) is 2. The van der Waals surface area contributed by atoms with Gasteiger partial charge in [-0.2, -0.15) is 0 Å². The number of hydrogen-bond acceptors (Lipinski definition) is 4. The normalized spacial score (nSPS) is 10.7. The lowest BCUT2D eigenvalue weighted by Gasteiger charge is -2.15. The highest BCUT2D eigenvalue weighted by atomic mass is 16.3. The zero-order valence-corrected chi connectivity index (χ0v) is 14.9. The zero-order chi connectivity index (χ0) is 19.5. The minimum atomic E-state index is -0.649. The van der Waals surface area contributed by atoms with Gasteiger partial charge in [0, 0.05) is 17.3 Å². The fraction of sp³-hybridized carbons (Fsp3) is 0.0455. The summed E-state index contributed by atoms with van der Waals surface area (Å²) in [6, 6.07) is 21.3. The summed E-state index contributed by atoms with van der Waals surface area (Å²) in [6.07, 6.45) is 1.62. The van der Waals surface area contributed by atoms with Crippen molar-refractivity contribution in [1.82, 2.24) is 14.9 Å². The van der Waals surface area contributed by atoms with Crippen molar-refractivity contribution in [1.29, 1.82) is 0 Å². The molecule has 0 aliphatic carbocycles. The SMILES string of the molecule is O=C(NCc1ccccn1)c1c(O)c2ccccc2n(-c2ccccc2)c1=O. The van der Waals surface area contributed by atoms with Gasteiger partial charge in [-0.15, -0.1) is 0 Å². The Labute approximate surface area is 160 Å². The Bertz CT molecular complexity index is 1200. The molecular weight excluding hydrogens is 354 g/mol. The average Bonchev–Trinajstić information content (AvgIpc) is 2.74. The summed E-state index contributed by atoms with van der Waals surface area (Å²) >= 11 is 0. The lowest BCUT2D eigenvalue weighted by atomic mass is 10.1. The summed E-state index contributed by atoms with van der Waals surface area (Å²) in [6.45, 7) is 0.150. The van der Waals surface area contributed by atoms with Gasteiger partial charge in [0.2, 0.25) is 0 Å². The first-order chi connectivity index (χ1) is 13.7. The van der Waals surface area contributed by atoms with Crippen molar-refractivity contribution < 1.29 is 9.90 Å². The van der Waals surface area contributed by atoms with Gasteiger partial charge in [0.05, 0.1) is 17.8 Å². The number of para-hydroxylation sites is 2. The molecule has 0 radical (unpaired) electrons. The highest BCUT2D eigenvalue weighted by Gasteiger charge is 2.22. The van der Waals surface area contributed by atoms with E-state index in [1.54, 1.807) is 54.7 Å². The first-order valence-corrected chi connectivity index (χ1v) is 8.77. The van der Waals surface area contributed by atoms with Crippen LogP contribution in [0.5, 0.6) is 5.75 Å². The Balaban J connectivity index is 1.85. The van der Waals surface area contributed by atoms with Crippen LogP contribution in [-0.2, 0) is 6.54 Å². The number of carbonyl (C=O) groups excluding carboxylic acids is 1. The lowest BCUT2D eigenvalue weighted by Crippen LogP contribution is -2.32. The molecule has 6 heteroatoms. The minimum Gasteiger partial charge on any atom is -0.506 e. The van der Waals surface area contributed by atoms with Gasteiger partial charge in [-0.1, -0.05) is 36.4 Å². The molecule has 0 atom stereocenters. The van der Waals surface area contributed by atoms with Crippen LogP contribution >= 0.6 is 0 Å². The Morgan fingerprint density at radius 2 is 1.68 bits per heavy atom. The number of rotatable bonds is 4. The van der Waals surface area contributed by atoms with E-state index >= 15 is 0 Å². The number of pyridine rings is 2. The maximum Gasteiger partial charge on any atom is 0.272 e. The second-order valence-electron chi connectivity index (χ2n) is 6.22. The van der Waals surface area contributed by atoms with Crippen molar-refractivity contribution in [3.05, 3.63) is 101 Å². The van der Waals surface area contributed by atoms with Crippen LogP contribution in [0.15, 0.2) is 83.8 Å². The van der Waals surface area contributed by atoms with Crippen molar-refractivity contribution in [2.75, 3.05) is 0 Å². The molecule has 2 aromatic heterocycles. The highest BCUT2D eigenvalue weighted by molar-refractivity contribution is 6.02. The van der Waals surface area contributed by atoms with Crippen LogP contribution in [-0.4, -0.2) is 20.6 Å². The number of fused-ring (bicyclic) bond motifs is 1. The van der Waals surface area contributed by atoms with Crippen LogP contribution in [0, 0.1) is 0 Å².